The molecule has 0 bridgehead atoms. The van der Waals surface area contributed by atoms with Crippen LogP contribution in [0, 0.1) is 5.82 Å². The number of aliphatic hydroxyl groups is 1. The second-order valence-electron chi connectivity index (χ2n) is 8.32. The van der Waals surface area contributed by atoms with Crippen molar-refractivity contribution in [2.75, 3.05) is 5.32 Å². The summed E-state index contributed by atoms with van der Waals surface area (Å²) in [6, 6.07) is 7.27. The highest BCUT2D eigenvalue weighted by Crippen LogP contribution is 2.32. The van der Waals surface area contributed by atoms with Crippen molar-refractivity contribution in [1.82, 2.24) is 14.9 Å². The topological polar surface area (TPSA) is 74.5 Å². The molecule has 2 fully saturated rings. The molecular weight excluding hydrogens is 381 g/mol. The van der Waals surface area contributed by atoms with Gasteiger partial charge in [0.15, 0.2) is 0 Å². The summed E-state index contributed by atoms with van der Waals surface area (Å²) in [6.45, 7) is 6.16. The van der Waals surface area contributed by atoms with Gasteiger partial charge in [-0.1, -0.05) is 18.7 Å². The van der Waals surface area contributed by atoms with Gasteiger partial charge in [0.2, 0.25) is 5.95 Å². The first-order valence-electron chi connectivity index (χ1n) is 10.8. The van der Waals surface area contributed by atoms with Crippen molar-refractivity contribution >= 4 is 30.3 Å². The van der Waals surface area contributed by atoms with Gasteiger partial charge < -0.3 is 20.3 Å². The SMILES string of the molecule is C=c1/c(=C\N=C(/C)N[C@H]2CC[C@H](O)CC2)nc(Nc2ccccc2F)n1C1CCC1. The van der Waals surface area contributed by atoms with Crippen LogP contribution in [0.5, 0.6) is 0 Å². The molecule has 7 heteroatoms. The third-order valence-electron chi connectivity index (χ3n) is 6.09. The van der Waals surface area contributed by atoms with Crippen LogP contribution in [-0.2, 0) is 0 Å². The minimum atomic E-state index is -0.313. The Balaban J connectivity index is 1.57. The zero-order valence-corrected chi connectivity index (χ0v) is 17.4. The average Bonchev–Trinajstić information content (AvgIpc) is 2.98. The maximum absolute atomic E-state index is 14.1. The Hall–Kier alpha value is -2.67. The van der Waals surface area contributed by atoms with Gasteiger partial charge >= 0.3 is 0 Å². The number of aliphatic hydroxyl groups excluding tert-OH is 1. The first kappa shape index (κ1) is 20.6. The number of para-hydroxylation sites is 1. The van der Waals surface area contributed by atoms with E-state index in [0.29, 0.717) is 29.1 Å². The Morgan fingerprint density at radius 3 is 2.63 bits per heavy atom. The molecule has 1 aromatic carbocycles. The van der Waals surface area contributed by atoms with E-state index in [1.54, 1.807) is 24.4 Å². The first-order valence-corrected chi connectivity index (χ1v) is 10.8. The molecule has 0 amide bonds. The van der Waals surface area contributed by atoms with Gasteiger partial charge in [-0.2, -0.15) is 0 Å². The normalized spacial score (nSPS) is 23.3. The summed E-state index contributed by atoms with van der Waals surface area (Å²) in [6.07, 6.45) is 8.42. The molecule has 0 saturated heterocycles. The van der Waals surface area contributed by atoms with Crippen molar-refractivity contribution in [1.29, 1.82) is 0 Å². The van der Waals surface area contributed by atoms with E-state index in [1.807, 2.05) is 6.92 Å². The standard InChI is InChI=1S/C23H30FN5O/c1-15-22(14-25-16(2)26-17-10-12-19(30)13-11-17)28-23(29(15)18-6-5-7-18)27-21-9-4-3-8-20(21)24/h3-4,8-9,14,17-19,30H,1,5-7,10-13H2,2H3,(H,25,26)(H,27,28)/b22-14+/t17-,19-. The lowest BCUT2D eigenvalue weighted by atomic mass is 9.93. The molecule has 3 N–H and O–H groups in total. The summed E-state index contributed by atoms with van der Waals surface area (Å²) >= 11 is 0. The third-order valence-corrected chi connectivity index (χ3v) is 6.09. The highest BCUT2D eigenvalue weighted by atomic mass is 19.1. The predicted octanol–water partition coefficient (Wildman–Crippen LogP) is 2.95. The number of rotatable bonds is 5. The number of anilines is 2. The lowest BCUT2D eigenvalue weighted by Crippen LogP contribution is -2.37. The monoisotopic (exact) mass is 411 g/mol. The second-order valence-corrected chi connectivity index (χ2v) is 8.32. The number of aliphatic imine (C=N–C) groups is 1. The van der Waals surface area contributed by atoms with Gasteiger partial charge in [-0.05, 0) is 64.0 Å². The predicted molar refractivity (Wildman–Crippen MR) is 119 cm³/mol. The van der Waals surface area contributed by atoms with Gasteiger partial charge in [0.1, 0.15) is 11.2 Å². The Labute approximate surface area is 176 Å². The molecular formula is C23H30FN5O. The molecule has 0 aliphatic heterocycles. The molecule has 0 unspecified atom stereocenters. The van der Waals surface area contributed by atoms with E-state index in [-0.39, 0.29) is 11.9 Å². The van der Waals surface area contributed by atoms with Crippen LogP contribution in [0.4, 0.5) is 16.0 Å². The minimum absolute atomic E-state index is 0.170. The van der Waals surface area contributed by atoms with Crippen LogP contribution in [0.25, 0.3) is 12.8 Å². The van der Waals surface area contributed by atoms with Gasteiger partial charge in [0, 0.05) is 12.1 Å². The van der Waals surface area contributed by atoms with E-state index < -0.39 is 0 Å². The van der Waals surface area contributed by atoms with E-state index in [1.165, 1.54) is 12.5 Å². The molecule has 4 rings (SSSR count). The third kappa shape index (κ3) is 4.56. The number of nitrogens with one attached hydrogen (secondary N) is 2. The molecule has 2 aliphatic rings. The molecule has 0 spiro atoms. The van der Waals surface area contributed by atoms with Crippen molar-refractivity contribution in [2.45, 2.75) is 70.1 Å². The maximum Gasteiger partial charge on any atom is 0.208 e. The molecule has 2 aliphatic carbocycles. The second kappa shape index (κ2) is 9.00. The fraction of sp³-hybridized carbons (Fsp3) is 0.478. The molecule has 2 saturated carbocycles. The van der Waals surface area contributed by atoms with Crippen LogP contribution in [0.3, 0.4) is 0 Å². The molecule has 0 radical (unpaired) electrons. The maximum atomic E-state index is 14.1. The quantitative estimate of drug-likeness (QED) is 0.522. The van der Waals surface area contributed by atoms with Crippen LogP contribution in [0.15, 0.2) is 29.3 Å². The lowest BCUT2D eigenvalue weighted by Gasteiger charge is -2.28. The average molecular weight is 412 g/mol. The van der Waals surface area contributed by atoms with Crippen LogP contribution < -0.4 is 21.3 Å². The van der Waals surface area contributed by atoms with Crippen LogP contribution in [0.2, 0.25) is 0 Å². The molecule has 160 valence electrons. The van der Waals surface area contributed by atoms with Crippen molar-refractivity contribution in [2.24, 2.45) is 4.99 Å². The number of hydrogen-bond acceptors (Lipinski definition) is 4. The molecule has 2 aromatic rings. The lowest BCUT2D eigenvalue weighted by molar-refractivity contribution is 0.120. The van der Waals surface area contributed by atoms with E-state index in [4.69, 9.17) is 0 Å². The highest BCUT2D eigenvalue weighted by molar-refractivity contribution is 5.81. The number of imidazole rings is 1. The van der Waals surface area contributed by atoms with Crippen LogP contribution in [0.1, 0.15) is 57.9 Å². The number of nitrogens with zero attached hydrogens (tertiary/aromatic N) is 3. The fourth-order valence-corrected chi connectivity index (χ4v) is 4.11. The molecule has 1 heterocycles. The molecule has 1 aromatic heterocycles. The van der Waals surface area contributed by atoms with Gasteiger partial charge in [-0.25, -0.2) is 14.4 Å². The van der Waals surface area contributed by atoms with E-state index >= 15 is 0 Å². The number of hydrogen-bond donors (Lipinski definition) is 3. The van der Waals surface area contributed by atoms with Gasteiger partial charge in [0.25, 0.3) is 0 Å². The fourth-order valence-electron chi connectivity index (χ4n) is 4.11. The Morgan fingerprint density at radius 2 is 1.97 bits per heavy atom. The van der Waals surface area contributed by atoms with Crippen LogP contribution >= 0.6 is 0 Å². The summed E-state index contributed by atoms with van der Waals surface area (Å²) in [5, 5.41) is 17.7. The highest BCUT2D eigenvalue weighted by Gasteiger charge is 2.24. The van der Waals surface area contributed by atoms with Crippen molar-refractivity contribution < 1.29 is 9.50 Å². The van der Waals surface area contributed by atoms with E-state index in [2.05, 4.69) is 31.8 Å². The van der Waals surface area contributed by atoms with Crippen molar-refractivity contribution in [3.05, 3.63) is 40.8 Å². The summed E-state index contributed by atoms with van der Waals surface area (Å²) in [5.41, 5.74) is 0.399. The number of benzene rings is 1. The van der Waals surface area contributed by atoms with Gasteiger partial charge in [0.05, 0.1) is 29.2 Å². The Morgan fingerprint density at radius 1 is 1.23 bits per heavy atom. The Kier molecular flexibility index (Phi) is 6.18. The first-order chi connectivity index (χ1) is 14.5. The summed E-state index contributed by atoms with van der Waals surface area (Å²) < 4.78 is 16.2. The van der Waals surface area contributed by atoms with Gasteiger partial charge in [-0.3, -0.25) is 0 Å². The largest absolute Gasteiger partial charge is 0.393 e. The number of aromatic nitrogens is 2. The molecule has 0 atom stereocenters. The van der Waals surface area contributed by atoms with Crippen molar-refractivity contribution in [3.8, 4) is 0 Å². The summed E-state index contributed by atoms with van der Waals surface area (Å²) in [5.74, 6) is 1.10. The zero-order valence-electron chi connectivity index (χ0n) is 17.4. The molecule has 6 nitrogen and oxygen atoms in total. The summed E-state index contributed by atoms with van der Waals surface area (Å²) in [7, 11) is 0. The summed E-state index contributed by atoms with van der Waals surface area (Å²) in [4.78, 5) is 9.23. The van der Waals surface area contributed by atoms with Crippen molar-refractivity contribution in [3.63, 3.8) is 0 Å². The van der Waals surface area contributed by atoms with Crippen LogP contribution in [-0.4, -0.2) is 32.6 Å². The van der Waals surface area contributed by atoms with E-state index in [0.717, 1.165) is 49.7 Å². The number of halogens is 1. The zero-order chi connectivity index (χ0) is 21.1. The molecule has 30 heavy (non-hydrogen) atoms. The number of amidine groups is 1. The van der Waals surface area contributed by atoms with Gasteiger partial charge in [-0.15, -0.1) is 0 Å². The Bertz CT molecular complexity index is 1020. The van der Waals surface area contributed by atoms with E-state index in [9.17, 15) is 9.50 Å². The minimum Gasteiger partial charge on any atom is -0.393 e. The smallest absolute Gasteiger partial charge is 0.208 e.